The Kier molecular flexibility index (Phi) is 5.86. The highest BCUT2D eigenvalue weighted by atomic mass is 19.3. The smallest absolute Gasteiger partial charge is 0.261 e. The lowest BCUT2D eigenvalue weighted by Crippen LogP contribution is -2.22. The first-order valence-corrected chi connectivity index (χ1v) is 5.36. The maximum Gasteiger partial charge on any atom is 0.261 e. The molecule has 0 spiro atoms. The van der Waals surface area contributed by atoms with Crippen LogP contribution in [-0.4, -0.2) is 33.7 Å². The summed E-state index contributed by atoms with van der Waals surface area (Å²) in [6, 6.07) is 7.24. The maximum absolute atomic E-state index is 12.2. The molecule has 0 aromatic heterocycles. The molecule has 0 heterocycles. The van der Waals surface area contributed by atoms with Crippen molar-refractivity contribution >= 4 is 0 Å². The van der Waals surface area contributed by atoms with Crippen molar-refractivity contribution in [2.75, 3.05) is 27.3 Å². The minimum absolute atomic E-state index is 0.440. The normalized spacial score (nSPS) is 12.8. The number of halogens is 2. The average Bonchev–Trinajstić information content (AvgIpc) is 2.34. The van der Waals surface area contributed by atoms with Gasteiger partial charge in [0.2, 0.25) is 0 Å². The van der Waals surface area contributed by atoms with Crippen molar-refractivity contribution in [3.05, 3.63) is 29.8 Å². The molecule has 0 aliphatic rings. The molecule has 1 N–H and O–H groups in total. The zero-order valence-electron chi connectivity index (χ0n) is 9.95. The molecule has 17 heavy (non-hydrogen) atoms. The Hall–Kier alpha value is -1.20. The van der Waals surface area contributed by atoms with Crippen molar-refractivity contribution in [2.45, 2.75) is 12.5 Å². The first-order chi connectivity index (χ1) is 8.19. The van der Waals surface area contributed by atoms with Crippen molar-refractivity contribution in [1.29, 1.82) is 0 Å². The van der Waals surface area contributed by atoms with E-state index >= 15 is 0 Å². The Morgan fingerprint density at radius 1 is 1.29 bits per heavy atom. The fourth-order valence-corrected chi connectivity index (χ4v) is 1.57. The van der Waals surface area contributed by atoms with E-state index in [1.165, 1.54) is 0 Å². The summed E-state index contributed by atoms with van der Waals surface area (Å²) in [7, 11) is 3.29. The van der Waals surface area contributed by atoms with Crippen LogP contribution in [0.1, 0.15) is 11.7 Å². The number of rotatable bonds is 7. The molecule has 0 radical (unpaired) electrons. The van der Waals surface area contributed by atoms with E-state index in [0.717, 1.165) is 5.56 Å². The van der Waals surface area contributed by atoms with E-state index in [2.05, 4.69) is 5.32 Å². The van der Waals surface area contributed by atoms with Crippen molar-refractivity contribution < 1.29 is 18.3 Å². The number of methoxy groups -OCH3 is 1. The van der Waals surface area contributed by atoms with Crippen LogP contribution in [0.2, 0.25) is 0 Å². The Morgan fingerprint density at radius 2 is 2.00 bits per heavy atom. The molecule has 0 fully saturated rings. The summed E-state index contributed by atoms with van der Waals surface area (Å²) >= 11 is 0. The Morgan fingerprint density at radius 3 is 2.59 bits per heavy atom. The third-order valence-corrected chi connectivity index (χ3v) is 2.30. The van der Waals surface area contributed by atoms with Gasteiger partial charge in [-0.25, -0.2) is 8.78 Å². The number of hydrogen-bond donors (Lipinski definition) is 1. The van der Waals surface area contributed by atoms with Crippen molar-refractivity contribution in [3.63, 3.8) is 0 Å². The summed E-state index contributed by atoms with van der Waals surface area (Å²) in [5.41, 5.74) is 0.769. The predicted molar refractivity (Wildman–Crippen MR) is 61.6 cm³/mol. The van der Waals surface area contributed by atoms with Crippen LogP contribution in [-0.2, 0) is 4.74 Å². The highest BCUT2D eigenvalue weighted by molar-refractivity contribution is 5.35. The molecule has 1 unspecified atom stereocenters. The molecule has 0 saturated heterocycles. The van der Waals surface area contributed by atoms with Crippen molar-refractivity contribution in [3.8, 4) is 5.75 Å². The molecule has 1 aromatic carbocycles. The fraction of sp³-hybridized carbons (Fsp3) is 0.500. The monoisotopic (exact) mass is 245 g/mol. The van der Waals surface area contributed by atoms with Crippen molar-refractivity contribution in [2.24, 2.45) is 0 Å². The van der Waals surface area contributed by atoms with Crippen LogP contribution < -0.4 is 10.1 Å². The van der Waals surface area contributed by atoms with Gasteiger partial charge in [-0.05, 0) is 13.1 Å². The Balaban J connectivity index is 2.80. The number of ether oxygens (including phenoxy) is 2. The molecule has 5 heteroatoms. The number of hydrogen-bond acceptors (Lipinski definition) is 3. The van der Waals surface area contributed by atoms with Gasteiger partial charge in [-0.1, -0.05) is 18.2 Å². The highest BCUT2D eigenvalue weighted by Gasteiger charge is 2.17. The first-order valence-electron chi connectivity index (χ1n) is 5.36. The van der Waals surface area contributed by atoms with Crippen LogP contribution in [0.5, 0.6) is 5.75 Å². The quantitative estimate of drug-likeness (QED) is 0.799. The standard InChI is InChI=1S/C12H17F2NO2/c1-15-7-11(17-8-12(13)14)9-5-3-4-6-10(9)16-2/h3-6,11-12,15H,7-8H2,1-2H3. The van der Waals surface area contributed by atoms with E-state index in [1.807, 2.05) is 18.2 Å². The van der Waals surface area contributed by atoms with Crippen LogP contribution in [0.4, 0.5) is 8.78 Å². The van der Waals surface area contributed by atoms with Gasteiger partial charge in [0, 0.05) is 12.1 Å². The zero-order chi connectivity index (χ0) is 12.7. The summed E-state index contributed by atoms with van der Waals surface area (Å²) in [6.07, 6.45) is -2.91. The van der Waals surface area contributed by atoms with Gasteiger partial charge in [0.1, 0.15) is 12.4 Å². The zero-order valence-corrected chi connectivity index (χ0v) is 9.95. The van der Waals surface area contributed by atoms with Crippen LogP contribution >= 0.6 is 0 Å². The molecule has 0 saturated carbocycles. The van der Waals surface area contributed by atoms with Crippen LogP contribution in [0.3, 0.4) is 0 Å². The molecule has 0 aliphatic heterocycles. The van der Waals surface area contributed by atoms with E-state index in [1.54, 1.807) is 20.2 Å². The third kappa shape index (κ3) is 4.28. The van der Waals surface area contributed by atoms with Crippen LogP contribution in [0.25, 0.3) is 0 Å². The topological polar surface area (TPSA) is 30.5 Å². The second-order valence-corrected chi connectivity index (χ2v) is 3.51. The lowest BCUT2D eigenvalue weighted by molar-refractivity contribution is -0.0247. The molecule has 1 aromatic rings. The van der Waals surface area contributed by atoms with E-state index in [0.29, 0.717) is 12.3 Å². The third-order valence-electron chi connectivity index (χ3n) is 2.30. The lowest BCUT2D eigenvalue weighted by Gasteiger charge is -2.20. The second kappa shape index (κ2) is 7.19. The highest BCUT2D eigenvalue weighted by Crippen LogP contribution is 2.27. The molecule has 0 amide bonds. The minimum atomic E-state index is -2.47. The van der Waals surface area contributed by atoms with Crippen LogP contribution in [0.15, 0.2) is 24.3 Å². The first kappa shape index (κ1) is 13.9. The molecule has 3 nitrogen and oxygen atoms in total. The van der Waals surface area contributed by atoms with Gasteiger partial charge in [0.15, 0.2) is 0 Å². The summed E-state index contributed by atoms with van der Waals surface area (Å²) in [5.74, 6) is 0.641. The maximum atomic E-state index is 12.2. The van der Waals surface area contributed by atoms with E-state index in [4.69, 9.17) is 9.47 Å². The Labute approximate surface area is 99.7 Å². The molecular weight excluding hydrogens is 228 g/mol. The summed E-state index contributed by atoms with van der Waals surface area (Å²) < 4.78 is 34.7. The van der Waals surface area contributed by atoms with Gasteiger partial charge in [0.05, 0.1) is 13.2 Å². The number of alkyl halides is 2. The molecule has 0 aliphatic carbocycles. The Bertz CT molecular complexity index is 334. The van der Waals surface area contributed by atoms with Gasteiger partial charge in [0.25, 0.3) is 6.43 Å². The van der Waals surface area contributed by atoms with Gasteiger partial charge < -0.3 is 14.8 Å². The summed E-state index contributed by atoms with van der Waals surface area (Å²) in [6.45, 7) is -0.127. The number of likely N-dealkylation sites (N-methyl/N-ethyl adjacent to an activating group) is 1. The molecule has 0 bridgehead atoms. The molecular formula is C12H17F2NO2. The van der Waals surface area contributed by atoms with E-state index < -0.39 is 19.1 Å². The molecule has 96 valence electrons. The fourth-order valence-electron chi connectivity index (χ4n) is 1.57. The van der Waals surface area contributed by atoms with Gasteiger partial charge in [-0.15, -0.1) is 0 Å². The van der Waals surface area contributed by atoms with E-state index in [-0.39, 0.29) is 0 Å². The summed E-state index contributed by atoms with van der Waals surface area (Å²) in [5, 5.41) is 2.92. The molecule has 1 atom stereocenters. The van der Waals surface area contributed by atoms with Gasteiger partial charge in [-0.2, -0.15) is 0 Å². The molecule has 1 rings (SSSR count). The summed E-state index contributed by atoms with van der Waals surface area (Å²) in [4.78, 5) is 0. The average molecular weight is 245 g/mol. The second-order valence-electron chi connectivity index (χ2n) is 3.51. The largest absolute Gasteiger partial charge is 0.496 e. The lowest BCUT2D eigenvalue weighted by atomic mass is 10.1. The SMILES string of the molecule is CNCC(OCC(F)F)c1ccccc1OC. The van der Waals surface area contributed by atoms with E-state index in [9.17, 15) is 8.78 Å². The number of benzene rings is 1. The van der Waals surface area contributed by atoms with Gasteiger partial charge in [-0.3, -0.25) is 0 Å². The van der Waals surface area contributed by atoms with Crippen molar-refractivity contribution in [1.82, 2.24) is 5.32 Å². The number of nitrogens with one attached hydrogen (secondary N) is 1. The van der Waals surface area contributed by atoms with Gasteiger partial charge >= 0.3 is 0 Å². The minimum Gasteiger partial charge on any atom is -0.496 e. The number of para-hydroxylation sites is 1. The predicted octanol–water partition coefficient (Wildman–Crippen LogP) is 2.24. The van der Waals surface area contributed by atoms with Crippen LogP contribution in [0, 0.1) is 0 Å².